The Labute approximate surface area is 175 Å². The van der Waals surface area contributed by atoms with Gasteiger partial charge in [0, 0.05) is 16.6 Å². The third-order valence-electron chi connectivity index (χ3n) is 6.88. The van der Waals surface area contributed by atoms with Crippen LogP contribution >= 0.6 is 0 Å². The van der Waals surface area contributed by atoms with Crippen LogP contribution in [0.4, 0.5) is 5.69 Å². The number of aryl methyl sites for hydroxylation is 1. The summed E-state index contributed by atoms with van der Waals surface area (Å²) in [6.45, 7) is 11.5. The minimum Gasteiger partial charge on any atom is -0.305 e. The summed E-state index contributed by atoms with van der Waals surface area (Å²) in [6, 6.07) is 17.4. The first-order chi connectivity index (χ1) is 13.8. The Balaban J connectivity index is 1.73. The van der Waals surface area contributed by atoms with Crippen molar-refractivity contribution in [1.29, 1.82) is 0 Å². The molecule has 154 valence electrons. The van der Waals surface area contributed by atoms with E-state index < -0.39 is 0 Å². The molecule has 0 aliphatic carbocycles. The number of fused-ring (bicyclic) bond motifs is 1. The molecular formula is C26H34N2O. The highest BCUT2D eigenvalue weighted by Crippen LogP contribution is 2.50. The van der Waals surface area contributed by atoms with E-state index in [0.29, 0.717) is 6.54 Å². The number of carbonyl (C=O) groups excluding carboxylic acids is 1. The molecule has 1 fully saturated rings. The molecule has 0 N–H and O–H groups in total. The number of hydrogen-bond donors (Lipinski definition) is 0. The highest BCUT2D eigenvalue weighted by molar-refractivity contribution is 5.98. The topological polar surface area (TPSA) is 23.6 Å². The number of hydrogen-bond acceptors (Lipinski definition) is 2. The van der Waals surface area contributed by atoms with Crippen LogP contribution in [0.2, 0.25) is 0 Å². The summed E-state index contributed by atoms with van der Waals surface area (Å²) < 4.78 is 0. The molecule has 1 atom stereocenters. The van der Waals surface area contributed by atoms with Crippen molar-refractivity contribution in [2.45, 2.75) is 64.3 Å². The van der Waals surface area contributed by atoms with Crippen LogP contribution in [0.1, 0.15) is 63.1 Å². The maximum atomic E-state index is 13.5. The monoisotopic (exact) mass is 390 g/mol. The van der Waals surface area contributed by atoms with Crippen LogP contribution in [0.25, 0.3) is 0 Å². The van der Waals surface area contributed by atoms with Gasteiger partial charge in [0.2, 0.25) is 5.91 Å². The van der Waals surface area contributed by atoms with E-state index in [1.165, 1.54) is 36.0 Å². The van der Waals surface area contributed by atoms with Crippen molar-refractivity contribution in [3.05, 3.63) is 65.2 Å². The molecule has 0 unspecified atom stereocenters. The van der Waals surface area contributed by atoms with Gasteiger partial charge in [-0.15, -0.1) is 0 Å². The molecule has 2 aromatic rings. The summed E-state index contributed by atoms with van der Waals surface area (Å²) in [4.78, 5) is 17.9. The number of para-hydroxylation sites is 1. The quantitative estimate of drug-likeness (QED) is 0.710. The van der Waals surface area contributed by atoms with Gasteiger partial charge in [0.15, 0.2) is 0 Å². The molecule has 2 aromatic carbocycles. The summed E-state index contributed by atoms with van der Waals surface area (Å²) in [6.07, 6.45) is 4.61. The number of nitrogens with zero attached hydrogens (tertiary/aromatic N) is 2. The molecule has 0 bridgehead atoms. The number of likely N-dealkylation sites (tertiary alicyclic amines) is 1. The number of rotatable bonds is 3. The maximum absolute atomic E-state index is 13.5. The van der Waals surface area contributed by atoms with E-state index in [2.05, 4.69) is 86.0 Å². The molecule has 1 saturated heterocycles. The lowest BCUT2D eigenvalue weighted by atomic mass is 9.65. The third kappa shape index (κ3) is 3.73. The fourth-order valence-electron chi connectivity index (χ4n) is 5.53. The largest absolute Gasteiger partial charge is 0.305 e. The lowest BCUT2D eigenvalue weighted by Gasteiger charge is -2.51. The van der Waals surface area contributed by atoms with Crippen LogP contribution < -0.4 is 4.90 Å². The molecule has 0 spiro atoms. The highest BCUT2D eigenvalue weighted by atomic mass is 16.2. The van der Waals surface area contributed by atoms with Crippen LogP contribution in [0.15, 0.2) is 48.5 Å². The number of benzene rings is 2. The third-order valence-corrected chi connectivity index (χ3v) is 6.88. The Bertz CT molecular complexity index is 880. The predicted molar refractivity (Wildman–Crippen MR) is 121 cm³/mol. The van der Waals surface area contributed by atoms with Crippen LogP contribution in [0.5, 0.6) is 0 Å². The SMILES string of the molecule is Cc1ccc([C@]2(C)CC(C)(C)N(C(=O)CN3CCCCC3)c3ccccc32)cc1. The van der Waals surface area contributed by atoms with Crippen molar-refractivity contribution >= 4 is 11.6 Å². The Kier molecular flexibility index (Phi) is 5.29. The molecule has 0 aromatic heterocycles. The number of piperidine rings is 1. The van der Waals surface area contributed by atoms with E-state index in [0.717, 1.165) is 25.2 Å². The van der Waals surface area contributed by atoms with Gasteiger partial charge in [0.05, 0.1) is 6.54 Å². The van der Waals surface area contributed by atoms with Gasteiger partial charge in [-0.1, -0.05) is 61.4 Å². The zero-order chi connectivity index (χ0) is 20.6. The van der Waals surface area contributed by atoms with Crippen LogP contribution in [0, 0.1) is 6.92 Å². The standard InChI is InChI=1S/C26H34N2O/c1-20-12-14-21(15-13-20)26(4)19-25(2,3)28(23-11-7-6-10-22(23)26)24(29)18-27-16-8-5-9-17-27/h6-7,10-15H,5,8-9,16-19H2,1-4H3/t26-/m0/s1. The van der Waals surface area contributed by atoms with Gasteiger partial charge in [-0.05, 0) is 70.3 Å². The van der Waals surface area contributed by atoms with Crippen LogP contribution in [0.3, 0.4) is 0 Å². The molecule has 2 heterocycles. The minimum absolute atomic E-state index is 0.115. The van der Waals surface area contributed by atoms with E-state index in [1.54, 1.807) is 0 Å². The molecule has 0 saturated carbocycles. The van der Waals surface area contributed by atoms with Gasteiger partial charge in [-0.3, -0.25) is 9.69 Å². The van der Waals surface area contributed by atoms with Gasteiger partial charge in [-0.2, -0.15) is 0 Å². The summed E-state index contributed by atoms with van der Waals surface area (Å²) in [5.41, 5.74) is 4.58. The number of amides is 1. The second kappa shape index (κ2) is 7.60. The summed E-state index contributed by atoms with van der Waals surface area (Å²) >= 11 is 0. The lowest BCUT2D eigenvalue weighted by molar-refractivity contribution is -0.121. The van der Waals surface area contributed by atoms with Crippen molar-refractivity contribution in [2.24, 2.45) is 0 Å². The Morgan fingerprint density at radius 2 is 1.59 bits per heavy atom. The van der Waals surface area contributed by atoms with Crippen molar-refractivity contribution < 1.29 is 4.79 Å². The second-order valence-corrected chi connectivity index (χ2v) is 9.77. The van der Waals surface area contributed by atoms with Crippen molar-refractivity contribution in [2.75, 3.05) is 24.5 Å². The minimum atomic E-state index is -0.249. The molecule has 2 aliphatic heterocycles. The molecular weight excluding hydrogens is 356 g/mol. The molecule has 1 amide bonds. The summed E-state index contributed by atoms with van der Waals surface area (Å²) in [5.74, 6) is 0.232. The first kappa shape index (κ1) is 20.2. The van der Waals surface area contributed by atoms with E-state index in [1.807, 2.05) is 0 Å². The second-order valence-electron chi connectivity index (χ2n) is 9.77. The first-order valence-corrected chi connectivity index (χ1v) is 11.0. The number of anilines is 1. The smallest absolute Gasteiger partial charge is 0.241 e. The Morgan fingerprint density at radius 3 is 2.28 bits per heavy atom. The van der Waals surface area contributed by atoms with Crippen molar-refractivity contribution in [1.82, 2.24) is 4.90 Å². The molecule has 4 rings (SSSR count). The van der Waals surface area contributed by atoms with E-state index in [-0.39, 0.29) is 16.9 Å². The average molecular weight is 391 g/mol. The van der Waals surface area contributed by atoms with E-state index in [9.17, 15) is 4.79 Å². The van der Waals surface area contributed by atoms with Crippen molar-refractivity contribution in [3.63, 3.8) is 0 Å². The van der Waals surface area contributed by atoms with Gasteiger partial charge in [-0.25, -0.2) is 0 Å². The first-order valence-electron chi connectivity index (χ1n) is 11.0. The number of carbonyl (C=O) groups is 1. The van der Waals surface area contributed by atoms with E-state index in [4.69, 9.17) is 0 Å². The van der Waals surface area contributed by atoms with Crippen LogP contribution in [-0.2, 0) is 10.2 Å². The maximum Gasteiger partial charge on any atom is 0.241 e. The molecule has 3 nitrogen and oxygen atoms in total. The Hall–Kier alpha value is -2.13. The summed E-state index contributed by atoms with van der Waals surface area (Å²) in [5, 5.41) is 0. The summed E-state index contributed by atoms with van der Waals surface area (Å²) in [7, 11) is 0. The molecule has 0 radical (unpaired) electrons. The molecule has 3 heteroatoms. The van der Waals surface area contributed by atoms with Crippen molar-refractivity contribution in [3.8, 4) is 0 Å². The van der Waals surface area contributed by atoms with Gasteiger partial charge < -0.3 is 4.90 Å². The molecule has 29 heavy (non-hydrogen) atoms. The zero-order valence-electron chi connectivity index (χ0n) is 18.4. The lowest BCUT2D eigenvalue weighted by Crippen LogP contribution is -2.58. The fourth-order valence-corrected chi connectivity index (χ4v) is 5.53. The van der Waals surface area contributed by atoms with Gasteiger partial charge in [0.25, 0.3) is 0 Å². The van der Waals surface area contributed by atoms with Gasteiger partial charge >= 0.3 is 0 Å². The normalized spacial score (nSPS) is 24.2. The zero-order valence-corrected chi connectivity index (χ0v) is 18.4. The molecule has 2 aliphatic rings. The van der Waals surface area contributed by atoms with Gasteiger partial charge in [0.1, 0.15) is 0 Å². The predicted octanol–water partition coefficient (Wildman–Crippen LogP) is 5.30. The average Bonchev–Trinajstić information content (AvgIpc) is 2.68. The van der Waals surface area contributed by atoms with E-state index >= 15 is 0 Å². The highest BCUT2D eigenvalue weighted by Gasteiger charge is 2.47. The fraction of sp³-hybridized carbons (Fsp3) is 0.500. The Morgan fingerprint density at radius 1 is 0.931 bits per heavy atom. The van der Waals surface area contributed by atoms with Crippen LogP contribution in [-0.4, -0.2) is 36.0 Å².